The molecule has 0 bridgehead atoms. The van der Waals surface area contributed by atoms with Crippen LogP contribution in [0.1, 0.15) is 19.3 Å². The molecule has 0 unspecified atom stereocenters. The zero-order valence-electron chi connectivity index (χ0n) is 10.9. The zero-order valence-corrected chi connectivity index (χ0v) is 13.3. The van der Waals surface area contributed by atoms with E-state index in [0.717, 1.165) is 28.8 Å². The Bertz CT molecular complexity index is 517. The number of carboxylic acids is 1. The summed E-state index contributed by atoms with van der Waals surface area (Å²) >= 11 is 4.88. The normalized spacial score (nSPS) is 15.7. The van der Waals surface area contributed by atoms with Crippen molar-refractivity contribution in [3.8, 4) is 0 Å². The second kappa shape index (κ2) is 6.63. The van der Waals surface area contributed by atoms with Crippen molar-refractivity contribution in [3.05, 3.63) is 28.7 Å². The second-order valence-electron chi connectivity index (χ2n) is 5.09. The molecule has 1 aliphatic rings. The first-order valence-corrected chi connectivity index (χ1v) is 8.29. The Morgan fingerprint density at radius 2 is 2.05 bits per heavy atom. The number of anilines is 1. The van der Waals surface area contributed by atoms with E-state index in [1.165, 1.54) is 11.8 Å². The van der Waals surface area contributed by atoms with Gasteiger partial charge in [-0.3, -0.25) is 9.59 Å². The first-order valence-electron chi connectivity index (χ1n) is 6.35. The van der Waals surface area contributed by atoms with E-state index < -0.39 is 5.97 Å². The number of carboxylic acid groups (broad SMARTS) is 1. The molecule has 0 aliphatic heterocycles. The van der Waals surface area contributed by atoms with Crippen LogP contribution in [0.4, 0.5) is 5.69 Å². The molecular weight excluding hydrogens is 342 g/mol. The lowest BCUT2D eigenvalue weighted by molar-refractivity contribution is -0.138. The lowest BCUT2D eigenvalue weighted by Crippen LogP contribution is -2.17. The second-order valence-corrected chi connectivity index (χ2v) is 6.93. The topological polar surface area (TPSA) is 66.4 Å². The van der Waals surface area contributed by atoms with Crippen molar-refractivity contribution in [1.82, 2.24) is 0 Å². The van der Waals surface area contributed by atoms with E-state index in [1.54, 1.807) is 0 Å². The fraction of sp³-hybridized carbons (Fsp3) is 0.429. The highest BCUT2D eigenvalue weighted by molar-refractivity contribution is 9.10. The number of hydrogen-bond donors (Lipinski definition) is 2. The van der Waals surface area contributed by atoms with Crippen molar-refractivity contribution in [2.24, 2.45) is 5.41 Å². The van der Waals surface area contributed by atoms with Crippen molar-refractivity contribution < 1.29 is 14.7 Å². The van der Waals surface area contributed by atoms with Gasteiger partial charge in [0.25, 0.3) is 0 Å². The van der Waals surface area contributed by atoms with Gasteiger partial charge in [-0.05, 0) is 52.1 Å². The van der Waals surface area contributed by atoms with E-state index in [9.17, 15) is 9.59 Å². The molecule has 1 aromatic carbocycles. The summed E-state index contributed by atoms with van der Waals surface area (Å²) < 4.78 is 0.850. The number of hydrogen-bond acceptors (Lipinski definition) is 3. The average Bonchev–Trinajstić information content (AvgIpc) is 3.11. The van der Waals surface area contributed by atoms with Gasteiger partial charge in [0.2, 0.25) is 5.91 Å². The standard InChI is InChI=1S/C14H16BrNO3S/c15-10-3-1-2-4-11(10)16-12(17)8-20-9-14(5-6-14)7-13(18)19/h1-4H,5-9H2,(H,16,17)(H,18,19). The molecule has 6 heteroatoms. The molecule has 0 atom stereocenters. The number of benzene rings is 1. The van der Waals surface area contributed by atoms with Gasteiger partial charge in [-0.1, -0.05) is 12.1 Å². The van der Waals surface area contributed by atoms with Crippen LogP contribution in [0.15, 0.2) is 28.7 Å². The van der Waals surface area contributed by atoms with Crippen LogP contribution < -0.4 is 5.32 Å². The summed E-state index contributed by atoms with van der Waals surface area (Å²) in [5.41, 5.74) is 0.689. The minimum Gasteiger partial charge on any atom is -0.481 e. The van der Waals surface area contributed by atoms with Crippen molar-refractivity contribution in [2.45, 2.75) is 19.3 Å². The predicted molar refractivity (Wildman–Crippen MR) is 84.0 cm³/mol. The minimum atomic E-state index is -0.749. The highest BCUT2D eigenvalue weighted by Gasteiger charge is 2.44. The Labute approximate surface area is 130 Å². The number of nitrogens with one attached hydrogen (secondary N) is 1. The van der Waals surface area contributed by atoms with Gasteiger partial charge in [-0.2, -0.15) is 11.8 Å². The quantitative estimate of drug-likeness (QED) is 0.784. The molecule has 1 fully saturated rings. The van der Waals surface area contributed by atoms with Crippen LogP contribution in [-0.2, 0) is 9.59 Å². The Hall–Kier alpha value is -1.01. The van der Waals surface area contributed by atoms with Gasteiger partial charge in [-0.15, -0.1) is 0 Å². The third-order valence-corrected chi connectivity index (χ3v) is 5.25. The first kappa shape index (κ1) is 15.4. The number of aliphatic carboxylic acids is 1. The molecule has 1 aromatic rings. The maximum atomic E-state index is 11.8. The van der Waals surface area contributed by atoms with Gasteiger partial charge in [0.15, 0.2) is 0 Å². The van der Waals surface area contributed by atoms with Crippen LogP contribution in [0.3, 0.4) is 0 Å². The van der Waals surface area contributed by atoms with E-state index in [-0.39, 0.29) is 17.7 Å². The van der Waals surface area contributed by atoms with Gasteiger partial charge in [0, 0.05) is 4.47 Å². The maximum absolute atomic E-state index is 11.8. The molecule has 1 amide bonds. The van der Waals surface area contributed by atoms with Crippen LogP contribution in [0.25, 0.3) is 0 Å². The van der Waals surface area contributed by atoms with Crippen LogP contribution in [-0.4, -0.2) is 28.5 Å². The van der Waals surface area contributed by atoms with E-state index in [0.29, 0.717) is 5.75 Å². The molecule has 1 aliphatic carbocycles. The molecule has 0 radical (unpaired) electrons. The number of thioether (sulfide) groups is 1. The van der Waals surface area contributed by atoms with E-state index in [2.05, 4.69) is 21.2 Å². The molecule has 0 heterocycles. The molecular formula is C14H16BrNO3S. The van der Waals surface area contributed by atoms with Gasteiger partial charge < -0.3 is 10.4 Å². The fourth-order valence-corrected chi connectivity index (χ4v) is 3.55. The number of carbonyl (C=O) groups excluding carboxylic acids is 1. The van der Waals surface area contributed by atoms with Gasteiger partial charge in [0.05, 0.1) is 17.9 Å². The summed E-state index contributed by atoms with van der Waals surface area (Å²) in [4.78, 5) is 22.6. The molecule has 2 rings (SSSR count). The summed E-state index contributed by atoms with van der Waals surface area (Å²) in [7, 11) is 0. The van der Waals surface area contributed by atoms with Crippen LogP contribution in [0.2, 0.25) is 0 Å². The van der Waals surface area contributed by atoms with Crippen molar-refractivity contribution in [1.29, 1.82) is 0 Å². The smallest absolute Gasteiger partial charge is 0.303 e. The molecule has 4 nitrogen and oxygen atoms in total. The Morgan fingerprint density at radius 1 is 1.35 bits per heavy atom. The van der Waals surface area contributed by atoms with Gasteiger partial charge in [0.1, 0.15) is 0 Å². The predicted octanol–water partition coefficient (Wildman–Crippen LogP) is 3.38. The summed E-state index contributed by atoms with van der Waals surface area (Å²) in [6.07, 6.45) is 2.13. The molecule has 1 saturated carbocycles. The third-order valence-electron chi connectivity index (χ3n) is 3.27. The molecule has 108 valence electrons. The van der Waals surface area contributed by atoms with Crippen molar-refractivity contribution in [2.75, 3.05) is 16.8 Å². The Balaban J connectivity index is 1.74. The first-order chi connectivity index (χ1) is 9.51. The number of rotatable bonds is 7. The van der Waals surface area contributed by atoms with E-state index >= 15 is 0 Å². The summed E-state index contributed by atoms with van der Waals surface area (Å²) in [5.74, 6) is 0.277. The molecule has 0 spiro atoms. The monoisotopic (exact) mass is 357 g/mol. The highest BCUT2D eigenvalue weighted by atomic mass is 79.9. The van der Waals surface area contributed by atoms with Crippen LogP contribution in [0.5, 0.6) is 0 Å². The number of para-hydroxylation sites is 1. The van der Waals surface area contributed by atoms with Crippen molar-refractivity contribution >= 4 is 45.3 Å². The maximum Gasteiger partial charge on any atom is 0.303 e. The molecule has 20 heavy (non-hydrogen) atoms. The van der Waals surface area contributed by atoms with Crippen molar-refractivity contribution in [3.63, 3.8) is 0 Å². The van der Waals surface area contributed by atoms with E-state index in [1.807, 2.05) is 24.3 Å². The minimum absolute atomic E-state index is 0.0620. The van der Waals surface area contributed by atoms with Gasteiger partial charge in [-0.25, -0.2) is 0 Å². The molecule has 0 saturated heterocycles. The highest BCUT2D eigenvalue weighted by Crippen LogP contribution is 2.50. The Morgan fingerprint density at radius 3 is 2.65 bits per heavy atom. The zero-order chi connectivity index (χ0) is 14.6. The Kier molecular flexibility index (Phi) is 5.10. The third kappa shape index (κ3) is 4.52. The molecule has 2 N–H and O–H groups in total. The summed E-state index contributed by atoms with van der Waals surface area (Å²) in [6.45, 7) is 0. The number of amides is 1. The SMILES string of the molecule is O=C(O)CC1(CSCC(=O)Nc2ccccc2Br)CC1. The summed E-state index contributed by atoms with van der Waals surface area (Å²) in [5, 5.41) is 11.7. The van der Waals surface area contributed by atoms with E-state index in [4.69, 9.17) is 5.11 Å². The van der Waals surface area contributed by atoms with Crippen LogP contribution in [0, 0.1) is 5.41 Å². The molecule has 0 aromatic heterocycles. The van der Waals surface area contributed by atoms with Crippen LogP contribution >= 0.6 is 27.7 Å². The lowest BCUT2D eigenvalue weighted by Gasteiger charge is -2.12. The fourth-order valence-electron chi connectivity index (χ4n) is 1.98. The average molecular weight is 358 g/mol. The number of carbonyl (C=O) groups is 2. The number of halogens is 1. The summed E-state index contributed by atoms with van der Waals surface area (Å²) in [6, 6.07) is 7.45. The largest absolute Gasteiger partial charge is 0.481 e. The lowest BCUT2D eigenvalue weighted by atomic mass is 10.1. The van der Waals surface area contributed by atoms with Gasteiger partial charge >= 0.3 is 5.97 Å².